The molecule has 2 rings (SSSR count). The van der Waals surface area contributed by atoms with E-state index in [-0.39, 0.29) is 18.6 Å². The number of hydrogen-bond donors (Lipinski definition) is 1. The fraction of sp³-hybridized carbons (Fsp3) is 0.667. The Morgan fingerprint density at radius 1 is 1.36 bits per heavy atom. The van der Waals surface area contributed by atoms with E-state index in [9.17, 15) is 18.8 Å². The number of anilines is 1. The normalized spacial score (nSPS) is 24.0. The number of nitrogens with zero attached hydrogens (tertiary/aromatic N) is 2. The minimum absolute atomic E-state index is 0.189. The molecule has 10 heteroatoms. The summed E-state index contributed by atoms with van der Waals surface area (Å²) in [6.07, 6.45) is 0.429. The zero-order chi connectivity index (χ0) is 20.8. The van der Waals surface area contributed by atoms with E-state index >= 15 is 0 Å². The van der Waals surface area contributed by atoms with Gasteiger partial charge >= 0.3 is 17.8 Å². The predicted octanol–water partition coefficient (Wildman–Crippen LogP) is 2.61. The molecule has 0 aromatic carbocycles. The summed E-state index contributed by atoms with van der Waals surface area (Å²) in [6.45, 7) is 7.01. The van der Waals surface area contributed by atoms with Crippen molar-refractivity contribution in [2.75, 3.05) is 11.9 Å². The van der Waals surface area contributed by atoms with Crippen LogP contribution in [-0.2, 0) is 19.0 Å². The maximum Gasteiger partial charge on any atom is 0.412 e. The highest BCUT2D eigenvalue weighted by Crippen LogP contribution is 2.35. The molecular weight excluding hydrogens is 373 g/mol. The first-order valence-corrected chi connectivity index (χ1v) is 9.29. The van der Waals surface area contributed by atoms with Crippen LogP contribution in [0.25, 0.3) is 0 Å². The van der Waals surface area contributed by atoms with Gasteiger partial charge in [0.1, 0.15) is 0 Å². The number of rotatable bonds is 7. The Hall–Kier alpha value is -2.49. The molecule has 0 spiro atoms. The molecular formula is C18H26FN3O6. The highest BCUT2D eigenvalue weighted by Gasteiger charge is 2.43. The number of amides is 1. The van der Waals surface area contributed by atoms with E-state index in [0.29, 0.717) is 6.42 Å². The van der Waals surface area contributed by atoms with Crippen LogP contribution in [0.15, 0.2) is 11.0 Å². The van der Waals surface area contributed by atoms with Crippen molar-refractivity contribution < 1.29 is 28.2 Å². The number of aromatic nitrogens is 2. The third-order valence-electron chi connectivity index (χ3n) is 4.58. The number of carbonyl (C=O) groups excluding carboxylic acids is 2. The highest BCUT2D eigenvalue weighted by atomic mass is 19.1. The zero-order valence-electron chi connectivity index (χ0n) is 16.4. The van der Waals surface area contributed by atoms with E-state index in [2.05, 4.69) is 10.3 Å². The number of esters is 1. The smallest absolute Gasteiger partial charge is 0.412 e. The number of halogens is 1. The molecule has 2 heterocycles. The molecule has 1 N–H and O–H groups in total. The van der Waals surface area contributed by atoms with Crippen LogP contribution in [-0.4, -0.2) is 40.4 Å². The molecule has 28 heavy (non-hydrogen) atoms. The molecule has 0 bridgehead atoms. The van der Waals surface area contributed by atoms with Crippen molar-refractivity contribution in [1.82, 2.24) is 9.55 Å². The number of ether oxygens (including phenoxy) is 3. The molecule has 1 saturated heterocycles. The minimum Gasteiger partial charge on any atom is -0.457 e. The lowest BCUT2D eigenvalue weighted by Crippen LogP contribution is -2.36. The van der Waals surface area contributed by atoms with Gasteiger partial charge in [0.25, 0.3) is 0 Å². The van der Waals surface area contributed by atoms with Gasteiger partial charge in [0.2, 0.25) is 0 Å². The van der Waals surface area contributed by atoms with E-state index in [1.54, 1.807) is 13.8 Å². The van der Waals surface area contributed by atoms with E-state index < -0.39 is 41.7 Å². The Labute approximate surface area is 162 Å². The summed E-state index contributed by atoms with van der Waals surface area (Å²) in [5.41, 5.74) is -0.855. The third-order valence-corrected chi connectivity index (χ3v) is 4.58. The highest BCUT2D eigenvalue weighted by molar-refractivity contribution is 5.83. The Morgan fingerprint density at radius 2 is 2.07 bits per heavy atom. The molecule has 9 nitrogen and oxygen atoms in total. The first-order chi connectivity index (χ1) is 13.2. The fourth-order valence-electron chi connectivity index (χ4n) is 2.89. The van der Waals surface area contributed by atoms with Gasteiger partial charge in [0.15, 0.2) is 24.0 Å². The van der Waals surface area contributed by atoms with Gasteiger partial charge in [-0.05, 0) is 13.3 Å². The molecule has 1 aliphatic rings. The van der Waals surface area contributed by atoms with Crippen LogP contribution in [0.3, 0.4) is 0 Å². The largest absolute Gasteiger partial charge is 0.457 e. The van der Waals surface area contributed by atoms with Crippen molar-refractivity contribution in [3.63, 3.8) is 0 Å². The molecule has 4 atom stereocenters. The molecule has 1 aliphatic heterocycles. The molecule has 0 aliphatic carbocycles. The van der Waals surface area contributed by atoms with Gasteiger partial charge < -0.3 is 14.2 Å². The summed E-state index contributed by atoms with van der Waals surface area (Å²) >= 11 is 0. The van der Waals surface area contributed by atoms with Gasteiger partial charge in [-0.15, -0.1) is 0 Å². The van der Waals surface area contributed by atoms with Crippen LogP contribution >= 0.6 is 0 Å². The van der Waals surface area contributed by atoms with Crippen molar-refractivity contribution >= 4 is 17.9 Å². The van der Waals surface area contributed by atoms with Crippen molar-refractivity contribution in [2.24, 2.45) is 5.92 Å². The van der Waals surface area contributed by atoms with Crippen LogP contribution in [0.2, 0.25) is 0 Å². The SMILES string of the molecule is CCCCCOC(=O)Nc1nc(=O)n([C@@H]2O[C@H](C)C(C)[C@H]2OC(C)=O)cc1F. The molecule has 1 aromatic rings. The first-order valence-electron chi connectivity index (χ1n) is 9.29. The molecule has 156 valence electrons. The second-order valence-corrected chi connectivity index (χ2v) is 6.76. The van der Waals surface area contributed by atoms with Gasteiger partial charge in [-0.25, -0.2) is 14.0 Å². The quantitative estimate of drug-likeness (QED) is 0.554. The summed E-state index contributed by atoms with van der Waals surface area (Å²) < 4.78 is 31.2. The van der Waals surface area contributed by atoms with Crippen LogP contribution in [0.4, 0.5) is 15.0 Å². The van der Waals surface area contributed by atoms with Crippen LogP contribution in [0, 0.1) is 11.7 Å². The minimum atomic E-state index is -1.02. The van der Waals surface area contributed by atoms with E-state index in [1.165, 1.54) is 6.92 Å². The number of carbonyl (C=O) groups is 2. The Kier molecular flexibility index (Phi) is 7.50. The van der Waals surface area contributed by atoms with Gasteiger partial charge in [0, 0.05) is 12.8 Å². The second-order valence-electron chi connectivity index (χ2n) is 6.76. The van der Waals surface area contributed by atoms with Crippen molar-refractivity contribution in [1.29, 1.82) is 0 Å². The number of nitrogens with one attached hydrogen (secondary N) is 1. The first kappa shape index (κ1) is 21.8. The summed E-state index contributed by atoms with van der Waals surface area (Å²) in [7, 11) is 0. The number of unbranched alkanes of at least 4 members (excludes halogenated alkanes) is 2. The Balaban J connectivity index is 2.15. The van der Waals surface area contributed by atoms with Crippen LogP contribution < -0.4 is 11.0 Å². The van der Waals surface area contributed by atoms with Crippen molar-refractivity contribution in [2.45, 2.75) is 65.4 Å². The lowest BCUT2D eigenvalue weighted by molar-refractivity contribution is -0.153. The van der Waals surface area contributed by atoms with Crippen LogP contribution in [0.5, 0.6) is 0 Å². The maximum atomic E-state index is 14.4. The average molecular weight is 399 g/mol. The summed E-state index contributed by atoms with van der Waals surface area (Å²) in [5.74, 6) is -2.22. The molecule has 0 radical (unpaired) electrons. The summed E-state index contributed by atoms with van der Waals surface area (Å²) in [6, 6.07) is 0. The monoisotopic (exact) mass is 399 g/mol. The fourth-order valence-corrected chi connectivity index (χ4v) is 2.89. The Morgan fingerprint density at radius 3 is 2.71 bits per heavy atom. The molecule has 1 amide bonds. The second kappa shape index (κ2) is 9.63. The third kappa shape index (κ3) is 5.28. The van der Waals surface area contributed by atoms with E-state index in [4.69, 9.17) is 14.2 Å². The molecule has 1 unspecified atom stereocenters. The zero-order valence-corrected chi connectivity index (χ0v) is 16.4. The van der Waals surface area contributed by atoms with Gasteiger partial charge in [-0.2, -0.15) is 4.98 Å². The van der Waals surface area contributed by atoms with Crippen LogP contribution in [0.1, 0.15) is 53.2 Å². The predicted molar refractivity (Wildman–Crippen MR) is 97.3 cm³/mol. The molecule has 1 fully saturated rings. The van der Waals surface area contributed by atoms with Gasteiger partial charge in [0.05, 0.1) is 18.9 Å². The van der Waals surface area contributed by atoms with Gasteiger partial charge in [-0.1, -0.05) is 26.7 Å². The maximum absolute atomic E-state index is 14.4. The summed E-state index contributed by atoms with van der Waals surface area (Å²) in [5, 5.41) is 2.12. The van der Waals surface area contributed by atoms with E-state index in [1.807, 2.05) is 6.92 Å². The number of hydrogen-bond acceptors (Lipinski definition) is 7. The standard InChI is InChI=1S/C18H26FN3O6/c1-5-6-7-8-26-18(25)21-15-13(19)9-22(17(24)20-15)16-14(28-12(4)23)10(2)11(3)27-16/h9-11,14,16H,5-8H2,1-4H3,(H,20,21,24,25)/t10?,11-,14-,16-/m1/s1. The summed E-state index contributed by atoms with van der Waals surface area (Å²) in [4.78, 5) is 39.0. The lowest BCUT2D eigenvalue weighted by Gasteiger charge is -2.22. The average Bonchev–Trinajstić information content (AvgIpc) is 2.89. The van der Waals surface area contributed by atoms with Crippen molar-refractivity contribution in [3.05, 3.63) is 22.5 Å². The lowest BCUT2D eigenvalue weighted by atomic mass is 10.0. The van der Waals surface area contributed by atoms with Crippen molar-refractivity contribution in [3.8, 4) is 0 Å². The topological polar surface area (TPSA) is 109 Å². The van der Waals surface area contributed by atoms with E-state index in [0.717, 1.165) is 23.6 Å². The Bertz CT molecular complexity index is 768. The molecule has 0 saturated carbocycles. The molecule has 1 aromatic heterocycles. The van der Waals surface area contributed by atoms with Gasteiger partial charge in [-0.3, -0.25) is 14.7 Å².